The minimum Gasteiger partial charge on any atom is -0.333 e. The Bertz CT molecular complexity index is 596. The van der Waals surface area contributed by atoms with Gasteiger partial charge in [-0.05, 0) is 38.3 Å². The van der Waals surface area contributed by atoms with Crippen molar-refractivity contribution in [2.45, 2.75) is 57.5 Å². The summed E-state index contributed by atoms with van der Waals surface area (Å²) in [6, 6.07) is 9.14. The van der Waals surface area contributed by atoms with Crippen LogP contribution in [0.15, 0.2) is 30.3 Å². The molecular formula is C19H27N3O2. The Labute approximate surface area is 144 Å². The highest BCUT2D eigenvalue weighted by atomic mass is 16.2. The van der Waals surface area contributed by atoms with Crippen molar-refractivity contribution >= 4 is 17.6 Å². The Morgan fingerprint density at radius 2 is 1.88 bits per heavy atom. The molecule has 3 amide bonds. The Balaban J connectivity index is 1.68. The zero-order valence-electron chi connectivity index (χ0n) is 14.6. The number of anilines is 1. The van der Waals surface area contributed by atoms with Crippen LogP contribution in [0.25, 0.3) is 0 Å². The molecule has 1 saturated heterocycles. The van der Waals surface area contributed by atoms with Gasteiger partial charge in [0.25, 0.3) is 0 Å². The van der Waals surface area contributed by atoms with E-state index >= 15 is 0 Å². The molecule has 1 N–H and O–H groups in total. The molecule has 0 radical (unpaired) electrons. The van der Waals surface area contributed by atoms with E-state index in [1.54, 1.807) is 9.80 Å². The van der Waals surface area contributed by atoms with Crippen LogP contribution < -0.4 is 10.2 Å². The quantitative estimate of drug-likeness (QED) is 0.926. The zero-order chi connectivity index (χ0) is 17.2. The number of carbonyl (C=O) groups excluding carboxylic acids is 2. The van der Waals surface area contributed by atoms with Crippen molar-refractivity contribution in [1.82, 2.24) is 10.2 Å². The third-order valence-electron chi connectivity index (χ3n) is 5.59. The summed E-state index contributed by atoms with van der Waals surface area (Å²) in [7, 11) is 0. The van der Waals surface area contributed by atoms with Gasteiger partial charge in [-0.15, -0.1) is 0 Å². The van der Waals surface area contributed by atoms with E-state index in [0.29, 0.717) is 13.1 Å². The lowest BCUT2D eigenvalue weighted by molar-refractivity contribution is -0.124. The van der Waals surface area contributed by atoms with Gasteiger partial charge in [-0.1, -0.05) is 38.0 Å². The standard InChI is InChI=1S/C19H27N3O2/c1-3-19(11-7-8-12-19)20-18(24)21-13-14-22(17(23)15(21)2)16-9-5-4-6-10-16/h4-6,9-10,15H,3,7-8,11-14H2,1-2H3,(H,20,24)/t15-/m0/s1. The molecule has 2 aliphatic rings. The predicted octanol–water partition coefficient (Wildman–Crippen LogP) is 3.16. The number of hydrogen-bond acceptors (Lipinski definition) is 2. The molecule has 2 fully saturated rings. The van der Waals surface area contributed by atoms with Crippen molar-refractivity contribution in [3.05, 3.63) is 30.3 Å². The van der Waals surface area contributed by atoms with E-state index in [9.17, 15) is 9.59 Å². The van der Waals surface area contributed by atoms with Gasteiger partial charge in [-0.3, -0.25) is 4.79 Å². The number of piperazine rings is 1. The van der Waals surface area contributed by atoms with Crippen molar-refractivity contribution < 1.29 is 9.59 Å². The third-order valence-corrected chi connectivity index (χ3v) is 5.59. The summed E-state index contributed by atoms with van der Waals surface area (Å²) in [6.45, 7) is 5.06. The normalized spacial score (nSPS) is 23.4. The van der Waals surface area contributed by atoms with E-state index in [2.05, 4.69) is 12.2 Å². The zero-order valence-corrected chi connectivity index (χ0v) is 14.6. The van der Waals surface area contributed by atoms with Crippen molar-refractivity contribution in [2.24, 2.45) is 0 Å². The van der Waals surface area contributed by atoms with E-state index in [0.717, 1.165) is 24.9 Å². The van der Waals surface area contributed by atoms with Crippen LogP contribution in [0.2, 0.25) is 0 Å². The average Bonchev–Trinajstić information content (AvgIpc) is 3.07. The first-order chi connectivity index (χ1) is 11.6. The summed E-state index contributed by atoms with van der Waals surface area (Å²) in [4.78, 5) is 29.0. The number of urea groups is 1. The molecule has 1 atom stereocenters. The maximum atomic E-state index is 12.8. The second kappa shape index (κ2) is 6.83. The van der Waals surface area contributed by atoms with E-state index in [4.69, 9.17) is 0 Å². The second-order valence-electron chi connectivity index (χ2n) is 6.97. The molecule has 1 saturated carbocycles. The first kappa shape index (κ1) is 16.8. The molecule has 1 heterocycles. The lowest BCUT2D eigenvalue weighted by Gasteiger charge is -2.41. The van der Waals surface area contributed by atoms with Gasteiger partial charge in [-0.25, -0.2) is 4.79 Å². The van der Waals surface area contributed by atoms with Crippen molar-refractivity contribution in [1.29, 1.82) is 0 Å². The maximum Gasteiger partial charge on any atom is 0.318 e. The second-order valence-corrected chi connectivity index (χ2v) is 6.97. The van der Waals surface area contributed by atoms with Crippen LogP contribution in [0.4, 0.5) is 10.5 Å². The van der Waals surface area contributed by atoms with Crippen LogP contribution in [0.1, 0.15) is 46.0 Å². The smallest absolute Gasteiger partial charge is 0.318 e. The number of amides is 3. The number of benzene rings is 1. The van der Waals surface area contributed by atoms with Crippen LogP contribution >= 0.6 is 0 Å². The van der Waals surface area contributed by atoms with Crippen LogP contribution in [0.3, 0.4) is 0 Å². The Morgan fingerprint density at radius 3 is 2.50 bits per heavy atom. The van der Waals surface area contributed by atoms with Gasteiger partial charge in [0.05, 0.1) is 0 Å². The summed E-state index contributed by atoms with van der Waals surface area (Å²) in [5, 5.41) is 3.23. The lowest BCUT2D eigenvalue weighted by Crippen LogP contribution is -2.62. The molecule has 1 aliphatic heterocycles. The first-order valence-corrected chi connectivity index (χ1v) is 9.01. The monoisotopic (exact) mass is 329 g/mol. The molecule has 1 aromatic carbocycles. The highest BCUT2D eigenvalue weighted by molar-refractivity contribution is 6.00. The molecular weight excluding hydrogens is 302 g/mol. The minimum atomic E-state index is -0.436. The molecule has 1 aliphatic carbocycles. The Hall–Kier alpha value is -2.04. The van der Waals surface area contributed by atoms with Crippen molar-refractivity contribution in [2.75, 3.05) is 18.0 Å². The summed E-state index contributed by atoms with van der Waals surface area (Å²) >= 11 is 0. The van der Waals surface area contributed by atoms with Gasteiger partial charge in [0.2, 0.25) is 5.91 Å². The topological polar surface area (TPSA) is 52.7 Å². The summed E-state index contributed by atoms with van der Waals surface area (Å²) < 4.78 is 0. The fourth-order valence-corrected chi connectivity index (χ4v) is 3.93. The summed E-state index contributed by atoms with van der Waals surface area (Å²) in [5.41, 5.74) is 0.825. The molecule has 5 heteroatoms. The molecule has 1 aromatic rings. The molecule has 24 heavy (non-hydrogen) atoms. The van der Waals surface area contributed by atoms with Crippen LogP contribution in [0, 0.1) is 0 Å². The van der Waals surface area contributed by atoms with Gasteiger partial charge < -0.3 is 15.1 Å². The van der Waals surface area contributed by atoms with Gasteiger partial charge in [0, 0.05) is 24.3 Å². The predicted molar refractivity (Wildman–Crippen MR) is 95.0 cm³/mol. The number of carbonyl (C=O) groups is 2. The number of para-hydroxylation sites is 1. The Kier molecular flexibility index (Phi) is 4.78. The highest BCUT2D eigenvalue weighted by Crippen LogP contribution is 2.32. The SMILES string of the molecule is CCC1(NC(=O)N2CCN(c3ccccc3)C(=O)[C@@H]2C)CCCC1. The number of nitrogens with one attached hydrogen (secondary N) is 1. The van der Waals surface area contributed by atoms with Gasteiger partial charge in [-0.2, -0.15) is 0 Å². The third kappa shape index (κ3) is 3.12. The van der Waals surface area contributed by atoms with E-state index < -0.39 is 6.04 Å². The fraction of sp³-hybridized carbons (Fsp3) is 0.579. The molecule has 130 valence electrons. The highest BCUT2D eigenvalue weighted by Gasteiger charge is 2.39. The maximum absolute atomic E-state index is 12.8. The van der Waals surface area contributed by atoms with Gasteiger partial charge in [0.1, 0.15) is 6.04 Å². The van der Waals surface area contributed by atoms with Crippen LogP contribution in [-0.2, 0) is 4.79 Å². The van der Waals surface area contributed by atoms with Crippen molar-refractivity contribution in [3.8, 4) is 0 Å². The molecule has 0 aromatic heterocycles. The molecule has 5 nitrogen and oxygen atoms in total. The number of nitrogens with zero attached hydrogens (tertiary/aromatic N) is 2. The lowest BCUT2D eigenvalue weighted by atomic mass is 9.94. The summed E-state index contributed by atoms with van der Waals surface area (Å²) in [6.07, 6.45) is 5.38. The van der Waals surface area contributed by atoms with Crippen LogP contribution in [-0.4, -0.2) is 41.5 Å². The molecule has 0 unspecified atom stereocenters. The van der Waals surface area contributed by atoms with Crippen LogP contribution in [0.5, 0.6) is 0 Å². The molecule has 3 rings (SSSR count). The minimum absolute atomic E-state index is 0.0143. The largest absolute Gasteiger partial charge is 0.333 e. The number of rotatable bonds is 3. The molecule has 0 bridgehead atoms. The van der Waals surface area contributed by atoms with Gasteiger partial charge >= 0.3 is 6.03 Å². The number of hydrogen-bond donors (Lipinski definition) is 1. The Morgan fingerprint density at radius 1 is 1.21 bits per heavy atom. The average molecular weight is 329 g/mol. The van der Waals surface area contributed by atoms with E-state index in [-0.39, 0.29) is 17.5 Å². The van der Waals surface area contributed by atoms with Crippen molar-refractivity contribution in [3.63, 3.8) is 0 Å². The first-order valence-electron chi connectivity index (χ1n) is 9.01. The summed E-state index contributed by atoms with van der Waals surface area (Å²) in [5.74, 6) is -0.0143. The van der Waals surface area contributed by atoms with E-state index in [1.165, 1.54) is 12.8 Å². The molecule has 0 spiro atoms. The fourth-order valence-electron chi connectivity index (χ4n) is 3.93. The van der Waals surface area contributed by atoms with Gasteiger partial charge in [0.15, 0.2) is 0 Å². The van der Waals surface area contributed by atoms with E-state index in [1.807, 2.05) is 37.3 Å².